The number of imide groups is 1. The third kappa shape index (κ3) is 4.36. The lowest BCUT2D eigenvalue weighted by Gasteiger charge is -2.18. The van der Waals surface area contributed by atoms with Gasteiger partial charge in [0.05, 0.1) is 12.6 Å². The lowest BCUT2D eigenvalue weighted by Crippen LogP contribution is -2.29. The highest BCUT2D eigenvalue weighted by Gasteiger charge is 2.28. The number of hydrogen-bond acceptors (Lipinski definition) is 4. The van der Waals surface area contributed by atoms with Crippen molar-refractivity contribution in [2.45, 2.75) is 57.5 Å². The number of likely N-dealkylation sites (tertiary alicyclic amines) is 1. The summed E-state index contributed by atoms with van der Waals surface area (Å²) in [5.41, 5.74) is 2.06. The maximum absolute atomic E-state index is 13.1. The number of carbonyl (C=O) groups excluding carboxylic acids is 3. The summed E-state index contributed by atoms with van der Waals surface area (Å²) in [5, 5.41) is 0. The molecule has 1 aliphatic heterocycles. The Hall–Kier alpha value is -3.02. The molecular weight excluding hydrogens is 366 g/mol. The first-order chi connectivity index (χ1) is 14.1. The fourth-order valence-electron chi connectivity index (χ4n) is 3.98. The van der Waals surface area contributed by atoms with E-state index in [4.69, 9.17) is 4.99 Å². The molecule has 1 aromatic heterocycles. The van der Waals surface area contributed by atoms with E-state index in [0.29, 0.717) is 11.1 Å². The highest BCUT2D eigenvalue weighted by Crippen LogP contribution is 2.20. The van der Waals surface area contributed by atoms with Crippen LogP contribution in [-0.2, 0) is 16.1 Å². The molecule has 2 aliphatic rings. The topological polar surface area (TPSA) is 71.7 Å². The lowest BCUT2D eigenvalue weighted by molar-refractivity contribution is -0.139. The molecule has 2 fully saturated rings. The molecule has 6 heteroatoms. The zero-order valence-corrected chi connectivity index (χ0v) is 16.4. The molecule has 0 spiro atoms. The van der Waals surface area contributed by atoms with Gasteiger partial charge in [-0.05, 0) is 42.7 Å². The van der Waals surface area contributed by atoms with Crippen LogP contribution in [0.25, 0.3) is 0 Å². The van der Waals surface area contributed by atoms with Crippen molar-refractivity contribution in [2.24, 2.45) is 4.99 Å². The second-order valence-corrected chi connectivity index (χ2v) is 7.73. The molecule has 2 amide bonds. The Morgan fingerprint density at radius 2 is 1.62 bits per heavy atom. The van der Waals surface area contributed by atoms with Crippen LogP contribution in [0, 0.1) is 0 Å². The molecule has 6 nitrogen and oxygen atoms in total. The lowest BCUT2D eigenvalue weighted by atomic mass is 9.96. The van der Waals surface area contributed by atoms with Crippen LogP contribution >= 0.6 is 0 Å². The number of rotatable bonds is 4. The van der Waals surface area contributed by atoms with Crippen molar-refractivity contribution in [3.8, 4) is 0 Å². The molecule has 0 unspecified atom stereocenters. The average molecular weight is 391 g/mol. The number of hydrogen-bond donors (Lipinski definition) is 0. The first-order valence-electron chi connectivity index (χ1n) is 10.3. The van der Waals surface area contributed by atoms with Gasteiger partial charge < -0.3 is 0 Å². The van der Waals surface area contributed by atoms with E-state index in [1.54, 1.807) is 35.0 Å². The van der Waals surface area contributed by atoms with Crippen LogP contribution in [0.2, 0.25) is 0 Å². The van der Waals surface area contributed by atoms with Crippen molar-refractivity contribution >= 4 is 17.7 Å². The van der Waals surface area contributed by atoms with Crippen molar-refractivity contribution < 1.29 is 14.4 Å². The monoisotopic (exact) mass is 391 g/mol. The number of benzene rings is 1. The molecule has 1 aliphatic carbocycles. The normalized spacial score (nSPS) is 18.5. The minimum absolute atomic E-state index is 0.135. The molecule has 2 aromatic rings. The van der Waals surface area contributed by atoms with Crippen LogP contribution in [0.3, 0.4) is 0 Å². The van der Waals surface area contributed by atoms with Crippen molar-refractivity contribution in [3.63, 3.8) is 0 Å². The standard InChI is InChI=1S/C23H25N3O3/c27-21-13-14-22(28)26(21)16-17-9-11-18(12-10-17)23(29)25-15-5-4-8-20(25)24-19-6-2-1-3-7-19/h4-5,8-12,15,19H,1-3,6-7,13-14,16H2. The highest BCUT2D eigenvalue weighted by atomic mass is 16.2. The van der Waals surface area contributed by atoms with E-state index < -0.39 is 0 Å². The zero-order valence-electron chi connectivity index (χ0n) is 16.4. The summed E-state index contributed by atoms with van der Waals surface area (Å²) < 4.78 is 1.59. The van der Waals surface area contributed by atoms with Crippen LogP contribution in [0.5, 0.6) is 0 Å². The fraction of sp³-hybridized carbons (Fsp3) is 0.391. The Balaban J connectivity index is 1.53. The summed E-state index contributed by atoms with van der Waals surface area (Å²) in [6, 6.07) is 13.0. The van der Waals surface area contributed by atoms with E-state index in [-0.39, 0.29) is 43.1 Å². The van der Waals surface area contributed by atoms with Crippen LogP contribution < -0.4 is 5.49 Å². The van der Waals surface area contributed by atoms with Crippen LogP contribution in [0.1, 0.15) is 60.9 Å². The smallest absolute Gasteiger partial charge is 0.263 e. The summed E-state index contributed by atoms with van der Waals surface area (Å²) in [6.07, 6.45) is 8.12. The maximum Gasteiger partial charge on any atom is 0.263 e. The van der Waals surface area contributed by atoms with Gasteiger partial charge in [-0.2, -0.15) is 0 Å². The number of pyridine rings is 1. The summed E-state index contributed by atoms with van der Waals surface area (Å²) >= 11 is 0. The summed E-state index contributed by atoms with van der Waals surface area (Å²) in [7, 11) is 0. The molecule has 1 aromatic carbocycles. The second kappa shape index (κ2) is 8.55. The summed E-state index contributed by atoms with van der Waals surface area (Å²) in [4.78, 5) is 42.7. The predicted molar refractivity (Wildman–Crippen MR) is 108 cm³/mol. The van der Waals surface area contributed by atoms with Crippen LogP contribution in [0.4, 0.5) is 0 Å². The van der Waals surface area contributed by atoms with E-state index in [0.717, 1.165) is 18.4 Å². The third-order valence-electron chi connectivity index (χ3n) is 5.64. The molecule has 150 valence electrons. The molecule has 0 N–H and O–H groups in total. The van der Waals surface area contributed by atoms with Gasteiger partial charge in [0.25, 0.3) is 5.91 Å². The average Bonchev–Trinajstić information content (AvgIpc) is 3.07. The number of aromatic nitrogens is 1. The van der Waals surface area contributed by atoms with E-state index in [1.807, 2.05) is 18.2 Å². The SMILES string of the molecule is O=C1CCC(=O)N1Cc1ccc(C(=O)n2ccccc2=NC2CCCCC2)cc1. The Morgan fingerprint density at radius 3 is 2.31 bits per heavy atom. The summed E-state index contributed by atoms with van der Waals surface area (Å²) in [6.45, 7) is 0.257. The van der Waals surface area contributed by atoms with Crippen LogP contribution in [0.15, 0.2) is 53.7 Å². The minimum Gasteiger partial charge on any atom is -0.278 e. The Labute approximate surface area is 169 Å². The second-order valence-electron chi connectivity index (χ2n) is 7.73. The Kier molecular flexibility index (Phi) is 5.69. The largest absolute Gasteiger partial charge is 0.278 e. The number of amides is 2. The van der Waals surface area contributed by atoms with E-state index in [1.165, 1.54) is 24.2 Å². The number of carbonyl (C=O) groups is 3. The van der Waals surface area contributed by atoms with Gasteiger partial charge in [-0.15, -0.1) is 0 Å². The minimum atomic E-state index is -0.139. The van der Waals surface area contributed by atoms with Crippen molar-refractivity contribution in [2.75, 3.05) is 0 Å². The number of nitrogens with zero attached hydrogens (tertiary/aromatic N) is 3. The quantitative estimate of drug-likeness (QED) is 0.752. The van der Waals surface area contributed by atoms with Crippen molar-refractivity contribution in [3.05, 3.63) is 65.3 Å². The molecule has 4 rings (SSSR count). The van der Waals surface area contributed by atoms with Crippen LogP contribution in [-0.4, -0.2) is 33.2 Å². The zero-order chi connectivity index (χ0) is 20.2. The Bertz CT molecular complexity index is 969. The van der Waals surface area contributed by atoms with Crippen molar-refractivity contribution in [1.82, 2.24) is 9.47 Å². The molecule has 1 saturated carbocycles. The van der Waals surface area contributed by atoms with Crippen molar-refractivity contribution in [1.29, 1.82) is 0 Å². The molecule has 29 heavy (non-hydrogen) atoms. The molecule has 2 heterocycles. The molecule has 0 radical (unpaired) electrons. The molecule has 1 saturated heterocycles. The van der Waals surface area contributed by atoms with Gasteiger partial charge in [-0.1, -0.05) is 37.5 Å². The van der Waals surface area contributed by atoms with Gasteiger partial charge >= 0.3 is 0 Å². The van der Waals surface area contributed by atoms with E-state index in [2.05, 4.69) is 0 Å². The fourth-order valence-corrected chi connectivity index (χ4v) is 3.98. The third-order valence-corrected chi connectivity index (χ3v) is 5.64. The first kappa shape index (κ1) is 19.3. The van der Waals surface area contributed by atoms with Gasteiger partial charge in [0.15, 0.2) is 0 Å². The highest BCUT2D eigenvalue weighted by molar-refractivity contribution is 6.01. The van der Waals surface area contributed by atoms with Gasteiger partial charge in [-0.25, -0.2) is 0 Å². The maximum atomic E-state index is 13.1. The van der Waals surface area contributed by atoms with Gasteiger partial charge in [-0.3, -0.25) is 28.8 Å². The van der Waals surface area contributed by atoms with Gasteiger partial charge in [0.2, 0.25) is 11.8 Å². The van der Waals surface area contributed by atoms with E-state index in [9.17, 15) is 14.4 Å². The van der Waals surface area contributed by atoms with Gasteiger partial charge in [0.1, 0.15) is 5.49 Å². The molecular formula is C23H25N3O3. The molecule has 0 atom stereocenters. The van der Waals surface area contributed by atoms with E-state index >= 15 is 0 Å². The van der Waals surface area contributed by atoms with Gasteiger partial charge in [0, 0.05) is 24.6 Å². The Morgan fingerprint density at radius 1 is 0.931 bits per heavy atom. The summed E-state index contributed by atoms with van der Waals surface area (Å²) in [5.74, 6) is -0.409. The molecule has 0 bridgehead atoms. The predicted octanol–water partition coefficient (Wildman–Crippen LogP) is 3.06. The first-order valence-corrected chi connectivity index (χ1v) is 10.3.